The number of rotatable bonds is 1. The van der Waals surface area contributed by atoms with E-state index in [0.29, 0.717) is 6.23 Å². The molecule has 2 rings (SSSR count). The zero-order valence-electron chi connectivity index (χ0n) is 7.21. The van der Waals surface area contributed by atoms with Gasteiger partial charge in [-0.2, -0.15) is 0 Å². The molecule has 0 aromatic rings. The van der Waals surface area contributed by atoms with Crippen molar-refractivity contribution >= 4 is 12.4 Å². The minimum absolute atomic E-state index is 0. The highest BCUT2D eigenvalue weighted by Gasteiger charge is 2.26. The van der Waals surface area contributed by atoms with Gasteiger partial charge >= 0.3 is 0 Å². The molecule has 0 radical (unpaired) electrons. The Balaban J connectivity index is 0.000000720. The second kappa shape index (κ2) is 5.02. The number of halogens is 1. The highest BCUT2D eigenvalue weighted by molar-refractivity contribution is 5.85. The predicted molar refractivity (Wildman–Crippen MR) is 50.6 cm³/mol. The Bertz CT molecular complexity index is 122. The lowest BCUT2D eigenvalue weighted by molar-refractivity contribution is 0.0397. The smallest absolute Gasteiger partial charge is 0.111 e. The van der Waals surface area contributed by atoms with Gasteiger partial charge in [0.05, 0.1) is 6.61 Å². The van der Waals surface area contributed by atoms with E-state index in [1.807, 2.05) is 0 Å². The molecule has 2 aliphatic heterocycles. The fraction of sp³-hybridized carbons (Fsp3) is 1.00. The van der Waals surface area contributed by atoms with Crippen molar-refractivity contribution in [2.45, 2.75) is 19.1 Å². The summed E-state index contributed by atoms with van der Waals surface area (Å²) in [5.74, 6) is 0.749. The lowest BCUT2D eigenvalue weighted by atomic mass is 9.96. The maximum atomic E-state index is 5.55. The number of ether oxygens (including phenoxy) is 1. The van der Waals surface area contributed by atoms with Gasteiger partial charge in [-0.15, -0.1) is 12.4 Å². The van der Waals surface area contributed by atoms with E-state index in [1.54, 1.807) is 0 Å². The zero-order chi connectivity index (χ0) is 7.52. The van der Waals surface area contributed by atoms with Gasteiger partial charge in [-0.3, -0.25) is 5.32 Å². The number of hydrogen-bond donors (Lipinski definition) is 2. The molecule has 2 saturated heterocycles. The molecule has 2 N–H and O–H groups in total. The maximum Gasteiger partial charge on any atom is 0.111 e. The van der Waals surface area contributed by atoms with Gasteiger partial charge in [0.2, 0.25) is 0 Å². The monoisotopic (exact) mass is 192 g/mol. The summed E-state index contributed by atoms with van der Waals surface area (Å²) in [6, 6.07) is 0. The van der Waals surface area contributed by atoms with Crippen LogP contribution in [0.3, 0.4) is 0 Å². The third kappa shape index (κ3) is 2.33. The molecular formula is C8H17ClN2O. The first-order valence-electron chi connectivity index (χ1n) is 4.52. The minimum Gasteiger partial charge on any atom is -0.362 e. The van der Waals surface area contributed by atoms with Crippen molar-refractivity contribution in [3.05, 3.63) is 0 Å². The Morgan fingerprint density at radius 1 is 1.08 bits per heavy atom. The molecular weight excluding hydrogens is 176 g/mol. The van der Waals surface area contributed by atoms with Gasteiger partial charge in [0.1, 0.15) is 6.23 Å². The Kier molecular flexibility index (Phi) is 4.29. The summed E-state index contributed by atoms with van der Waals surface area (Å²) in [5, 5.41) is 6.73. The van der Waals surface area contributed by atoms with Crippen molar-refractivity contribution in [2.24, 2.45) is 5.92 Å². The van der Waals surface area contributed by atoms with Crippen molar-refractivity contribution in [3.63, 3.8) is 0 Å². The Hall–Kier alpha value is 0.170. The van der Waals surface area contributed by atoms with E-state index in [0.717, 1.165) is 32.2 Å². The molecule has 3 nitrogen and oxygen atoms in total. The van der Waals surface area contributed by atoms with Crippen molar-refractivity contribution in [1.29, 1.82) is 0 Å². The van der Waals surface area contributed by atoms with Crippen molar-refractivity contribution in [2.75, 3.05) is 26.2 Å². The van der Waals surface area contributed by atoms with Crippen LogP contribution in [0.15, 0.2) is 0 Å². The van der Waals surface area contributed by atoms with E-state index in [2.05, 4.69) is 10.6 Å². The largest absolute Gasteiger partial charge is 0.362 e. The molecule has 72 valence electrons. The Morgan fingerprint density at radius 2 is 1.83 bits per heavy atom. The summed E-state index contributed by atoms with van der Waals surface area (Å²) in [7, 11) is 0. The molecule has 0 saturated carbocycles. The average molecular weight is 193 g/mol. The summed E-state index contributed by atoms with van der Waals surface area (Å²) < 4.78 is 5.55. The molecule has 0 spiro atoms. The first-order chi connectivity index (χ1) is 5.47. The van der Waals surface area contributed by atoms with Gasteiger partial charge in [-0.05, 0) is 25.9 Å². The molecule has 0 aliphatic carbocycles. The van der Waals surface area contributed by atoms with E-state index in [-0.39, 0.29) is 12.4 Å². The number of hydrogen-bond acceptors (Lipinski definition) is 3. The van der Waals surface area contributed by atoms with Crippen molar-refractivity contribution < 1.29 is 4.74 Å². The normalized spacial score (nSPS) is 31.5. The van der Waals surface area contributed by atoms with Crippen LogP contribution in [-0.2, 0) is 4.74 Å². The standard InChI is InChI=1S/C8H16N2O.ClH/c1-3-9-4-2-7(1)8-10-5-6-11-8;/h7-10H,1-6H2;1H. The van der Waals surface area contributed by atoms with Gasteiger partial charge in [-0.25, -0.2) is 0 Å². The molecule has 0 amide bonds. The van der Waals surface area contributed by atoms with E-state index >= 15 is 0 Å². The van der Waals surface area contributed by atoms with Crippen molar-refractivity contribution in [3.8, 4) is 0 Å². The van der Waals surface area contributed by atoms with Crippen LogP contribution in [-0.4, -0.2) is 32.5 Å². The van der Waals surface area contributed by atoms with Crippen LogP contribution in [0, 0.1) is 5.92 Å². The first kappa shape index (κ1) is 10.3. The van der Waals surface area contributed by atoms with Crippen LogP contribution >= 0.6 is 12.4 Å². The SMILES string of the molecule is C1CC(C2NCCO2)CCN1.Cl. The minimum atomic E-state index is 0. The average Bonchev–Trinajstić information content (AvgIpc) is 2.58. The first-order valence-corrected chi connectivity index (χ1v) is 4.52. The van der Waals surface area contributed by atoms with Gasteiger partial charge in [0, 0.05) is 12.5 Å². The number of nitrogens with one attached hydrogen (secondary N) is 2. The van der Waals surface area contributed by atoms with Crippen LogP contribution in [0.25, 0.3) is 0 Å². The molecule has 4 heteroatoms. The summed E-state index contributed by atoms with van der Waals surface area (Å²) in [6.45, 7) is 4.25. The second-order valence-corrected chi connectivity index (χ2v) is 3.33. The Morgan fingerprint density at radius 3 is 2.42 bits per heavy atom. The fourth-order valence-corrected chi connectivity index (χ4v) is 1.90. The topological polar surface area (TPSA) is 33.3 Å². The predicted octanol–water partition coefficient (Wildman–Crippen LogP) is 0.354. The number of piperidine rings is 1. The quantitative estimate of drug-likeness (QED) is 0.630. The highest BCUT2D eigenvalue weighted by Crippen LogP contribution is 2.18. The fourth-order valence-electron chi connectivity index (χ4n) is 1.90. The molecule has 12 heavy (non-hydrogen) atoms. The third-order valence-electron chi connectivity index (χ3n) is 2.56. The van der Waals surface area contributed by atoms with Crippen LogP contribution in [0.5, 0.6) is 0 Å². The summed E-state index contributed by atoms with van der Waals surface area (Å²) in [5.41, 5.74) is 0. The molecule has 2 aliphatic rings. The van der Waals surface area contributed by atoms with Crippen LogP contribution < -0.4 is 10.6 Å². The third-order valence-corrected chi connectivity index (χ3v) is 2.56. The maximum absolute atomic E-state index is 5.55. The summed E-state index contributed by atoms with van der Waals surface area (Å²) in [4.78, 5) is 0. The van der Waals surface area contributed by atoms with E-state index in [4.69, 9.17) is 4.74 Å². The van der Waals surface area contributed by atoms with Gasteiger partial charge in [-0.1, -0.05) is 0 Å². The van der Waals surface area contributed by atoms with Crippen LogP contribution in [0.4, 0.5) is 0 Å². The Labute approximate surface area is 79.6 Å². The van der Waals surface area contributed by atoms with Crippen molar-refractivity contribution in [1.82, 2.24) is 10.6 Å². The van der Waals surface area contributed by atoms with Crippen LogP contribution in [0.2, 0.25) is 0 Å². The van der Waals surface area contributed by atoms with E-state index in [1.165, 1.54) is 12.8 Å². The molecule has 1 atom stereocenters. The lowest BCUT2D eigenvalue weighted by Crippen LogP contribution is -2.39. The molecule has 0 bridgehead atoms. The van der Waals surface area contributed by atoms with Gasteiger partial charge < -0.3 is 10.1 Å². The van der Waals surface area contributed by atoms with Gasteiger partial charge in [0.25, 0.3) is 0 Å². The molecule has 0 aromatic carbocycles. The molecule has 0 aromatic heterocycles. The zero-order valence-corrected chi connectivity index (χ0v) is 8.03. The second-order valence-electron chi connectivity index (χ2n) is 3.33. The lowest BCUT2D eigenvalue weighted by Gasteiger charge is -2.27. The van der Waals surface area contributed by atoms with Gasteiger partial charge in [0.15, 0.2) is 0 Å². The summed E-state index contributed by atoms with van der Waals surface area (Å²) in [6.07, 6.45) is 2.88. The molecule has 2 fully saturated rings. The van der Waals surface area contributed by atoms with E-state index in [9.17, 15) is 0 Å². The van der Waals surface area contributed by atoms with E-state index < -0.39 is 0 Å². The molecule has 2 heterocycles. The highest BCUT2D eigenvalue weighted by atomic mass is 35.5. The molecule has 1 unspecified atom stereocenters. The summed E-state index contributed by atoms with van der Waals surface area (Å²) >= 11 is 0. The van der Waals surface area contributed by atoms with Crippen LogP contribution in [0.1, 0.15) is 12.8 Å².